The van der Waals surface area contributed by atoms with E-state index in [2.05, 4.69) is 10.5 Å². The van der Waals surface area contributed by atoms with Crippen molar-refractivity contribution in [2.24, 2.45) is 11.1 Å². The number of hydrogen-bond donors (Lipinski definition) is 3. The molecular formula is C15H16ClN3O8S. The molecule has 0 saturated carbocycles. The lowest BCUT2D eigenvalue weighted by Gasteiger charge is -2.49. The lowest BCUT2D eigenvalue weighted by Crippen LogP contribution is -2.71. The number of thioether (sulfide) groups is 1. The van der Waals surface area contributed by atoms with Crippen LogP contribution in [0.15, 0.2) is 16.4 Å². The summed E-state index contributed by atoms with van der Waals surface area (Å²) in [6, 6.07) is -1.07. The molecule has 2 aliphatic heterocycles. The Hall–Kier alpha value is -2.60. The summed E-state index contributed by atoms with van der Waals surface area (Å²) in [7, 11) is 0. The fourth-order valence-corrected chi connectivity index (χ4v) is 4.17. The minimum Gasteiger partial charge on any atom is -0.477 e. The normalized spacial score (nSPS) is 22.4. The van der Waals surface area contributed by atoms with Gasteiger partial charge in [0.05, 0.1) is 12.1 Å². The Kier molecular flexibility index (Phi) is 7.02. The first-order valence-electron chi connectivity index (χ1n) is 7.82. The van der Waals surface area contributed by atoms with Crippen LogP contribution in [0, 0.1) is 5.92 Å². The van der Waals surface area contributed by atoms with Gasteiger partial charge in [-0.25, -0.2) is 4.79 Å². The SMILES string of the molecule is CC(=O)OCC1=C(C(=O)O)N2C(=O)C(NC(=O)C(/C=N\O)C(=O)CCl)[C@H]2SC1. The van der Waals surface area contributed by atoms with Gasteiger partial charge in [-0.3, -0.25) is 24.1 Å². The number of carboxylic acids is 1. The molecule has 1 fully saturated rings. The molecule has 152 valence electrons. The van der Waals surface area contributed by atoms with Crippen LogP contribution in [0.5, 0.6) is 0 Å². The van der Waals surface area contributed by atoms with Crippen LogP contribution in [0.1, 0.15) is 6.92 Å². The van der Waals surface area contributed by atoms with Gasteiger partial charge >= 0.3 is 11.9 Å². The Morgan fingerprint density at radius 2 is 2.14 bits per heavy atom. The maximum atomic E-state index is 12.4. The van der Waals surface area contributed by atoms with E-state index in [-0.39, 0.29) is 23.6 Å². The summed E-state index contributed by atoms with van der Waals surface area (Å²) in [6.45, 7) is 0.908. The molecule has 1 saturated heterocycles. The van der Waals surface area contributed by atoms with Crippen LogP contribution >= 0.6 is 23.4 Å². The highest BCUT2D eigenvalue weighted by Gasteiger charge is 2.54. The average Bonchev–Trinajstić information content (AvgIpc) is 2.66. The monoisotopic (exact) mass is 433 g/mol. The topological polar surface area (TPSA) is 163 Å². The molecule has 0 radical (unpaired) electrons. The molecule has 28 heavy (non-hydrogen) atoms. The number of oxime groups is 1. The van der Waals surface area contributed by atoms with E-state index < -0.39 is 52.7 Å². The van der Waals surface area contributed by atoms with Gasteiger partial charge in [0.25, 0.3) is 5.91 Å². The van der Waals surface area contributed by atoms with Crippen LogP contribution in [0.2, 0.25) is 0 Å². The predicted octanol–water partition coefficient (Wildman–Crippen LogP) is -0.828. The number of carboxylic acid groups (broad SMARTS) is 1. The molecule has 0 aromatic carbocycles. The second-order valence-electron chi connectivity index (χ2n) is 5.78. The quantitative estimate of drug-likeness (QED) is 0.0843. The van der Waals surface area contributed by atoms with E-state index in [0.29, 0.717) is 6.21 Å². The number of nitrogens with one attached hydrogen (secondary N) is 1. The zero-order chi connectivity index (χ0) is 21.0. The summed E-state index contributed by atoms with van der Waals surface area (Å²) >= 11 is 6.58. The molecule has 3 N–H and O–H groups in total. The number of hydrogen-bond acceptors (Lipinski definition) is 9. The highest BCUT2D eigenvalue weighted by atomic mass is 35.5. The number of esters is 1. The van der Waals surface area contributed by atoms with Crippen molar-refractivity contribution in [1.82, 2.24) is 10.2 Å². The van der Waals surface area contributed by atoms with E-state index in [1.54, 1.807) is 0 Å². The highest BCUT2D eigenvalue weighted by Crippen LogP contribution is 2.40. The van der Waals surface area contributed by atoms with E-state index in [4.69, 9.17) is 21.5 Å². The number of amides is 2. The van der Waals surface area contributed by atoms with Crippen molar-refractivity contribution in [3.8, 4) is 0 Å². The zero-order valence-corrected chi connectivity index (χ0v) is 16.0. The summed E-state index contributed by atoms with van der Waals surface area (Å²) in [4.78, 5) is 60.0. The number of carbonyl (C=O) groups is 5. The lowest BCUT2D eigenvalue weighted by molar-refractivity contribution is -0.151. The van der Waals surface area contributed by atoms with Crippen LogP contribution in [-0.4, -0.2) is 80.6 Å². The summed E-state index contributed by atoms with van der Waals surface area (Å²) in [5.41, 5.74) is -0.0458. The van der Waals surface area contributed by atoms with Gasteiger partial charge in [0.1, 0.15) is 29.6 Å². The van der Waals surface area contributed by atoms with Crippen LogP contribution in [0.4, 0.5) is 0 Å². The van der Waals surface area contributed by atoms with Crippen molar-refractivity contribution < 1.29 is 39.0 Å². The first-order valence-corrected chi connectivity index (χ1v) is 9.41. The van der Waals surface area contributed by atoms with Crippen LogP contribution in [-0.2, 0) is 28.7 Å². The molecule has 13 heteroatoms. The Morgan fingerprint density at radius 1 is 1.46 bits per heavy atom. The van der Waals surface area contributed by atoms with E-state index in [1.807, 2.05) is 0 Å². The standard InChI is InChI=1S/C15H16ClN3O8S/c1-6(20)27-4-7-5-28-14-10(13(23)19(14)11(7)15(24)25)18-12(22)8(3-17-26)9(21)2-16/h3,8,10,14,26H,2,4-5H2,1H3,(H,18,22)(H,24,25)/b17-3-/t8?,10?,14-/m1/s1. The average molecular weight is 434 g/mol. The predicted molar refractivity (Wildman–Crippen MR) is 95.8 cm³/mol. The molecule has 0 aromatic heterocycles. The second kappa shape index (κ2) is 9.06. The van der Waals surface area contributed by atoms with Crippen LogP contribution < -0.4 is 5.32 Å². The first-order chi connectivity index (χ1) is 13.2. The third kappa shape index (κ3) is 4.28. The van der Waals surface area contributed by atoms with Gasteiger partial charge in [0.15, 0.2) is 5.78 Å². The van der Waals surface area contributed by atoms with Gasteiger partial charge in [-0.1, -0.05) is 0 Å². The molecule has 3 atom stereocenters. The smallest absolute Gasteiger partial charge is 0.352 e. The summed E-state index contributed by atoms with van der Waals surface area (Å²) in [6.07, 6.45) is 0.689. The zero-order valence-electron chi connectivity index (χ0n) is 14.5. The van der Waals surface area contributed by atoms with Crippen LogP contribution in [0.25, 0.3) is 0 Å². The third-order valence-electron chi connectivity index (χ3n) is 3.97. The van der Waals surface area contributed by atoms with E-state index >= 15 is 0 Å². The van der Waals surface area contributed by atoms with Gasteiger partial charge in [0, 0.05) is 18.2 Å². The van der Waals surface area contributed by atoms with Gasteiger partial charge in [-0.15, -0.1) is 28.5 Å². The number of β-lactam (4-membered cyclic amide) rings is 1. The largest absolute Gasteiger partial charge is 0.477 e. The fourth-order valence-electron chi connectivity index (χ4n) is 2.67. The first kappa shape index (κ1) is 21.7. The molecule has 0 aromatic rings. The van der Waals surface area contributed by atoms with Crippen molar-refractivity contribution in [3.63, 3.8) is 0 Å². The molecular weight excluding hydrogens is 418 g/mol. The molecule has 0 spiro atoms. The van der Waals surface area contributed by atoms with Gasteiger partial charge in [-0.05, 0) is 0 Å². The van der Waals surface area contributed by atoms with Crippen molar-refractivity contribution in [2.45, 2.75) is 18.3 Å². The lowest BCUT2D eigenvalue weighted by atomic mass is 10.0. The number of nitrogens with zero attached hydrogens (tertiary/aromatic N) is 2. The number of fused-ring (bicyclic) bond motifs is 1. The summed E-state index contributed by atoms with van der Waals surface area (Å²) in [5.74, 6) is -6.09. The van der Waals surface area contributed by atoms with E-state index in [9.17, 15) is 29.1 Å². The van der Waals surface area contributed by atoms with Gasteiger partial charge < -0.3 is 20.4 Å². The summed E-state index contributed by atoms with van der Waals surface area (Å²) in [5, 5.41) is 22.4. The Morgan fingerprint density at radius 3 is 2.68 bits per heavy atom. The fraction of sp³-hybridized carbons (Fsp3) is 0.467. The van der Waals surface area contributed by atoms with Crippen LogP contribution in [0.3, 0.4) is 0 Å². The number of aliphatic carboxylic acids is 1. The Bertz CT molecular complexity index is 783. The number of Topliss-reactive ketones (excluding diaryl/α,β-unsaturated/α-hetero) is 1. The molecule has 2 rings (SSSR count). The second-order valence-corrected chi connectivity index (χ2v) is 7.15. The van der Waals surface area contributed by atoms with E-state index in [1.165, 1.54) is 18.7 Å². The molecule has 0 bridgehead atoms. The molecule has 2 aliphatic rings. The van der Waals surface area contributed by atoms with Gasteiger partial charge in [-0.2, -0.15) is 0 Å². The number of halogens is 1. The van der Waals surface area contributed by atoms with Crippen molar-refractivity contribution >= 4 is 59.1 Å². The minimum atomic E-state index is -1.48. The number of ether oxygens (including phenoxy) is 1. The number of ketones is 1. The maximum Gasteiger partial charge on any atom is 0.352 e. The molecule has 2 unspecified atom stereocenters. The Labute approximate surface area is 167 Å². The van der Waals surface area contributed by atoms with Crippen molar-refractivity contribution in [1.29, 1.82) is 0 Å². The van der Waals surface area contributed by atoms with Gasteiger partial charge in [0.2, 0.25) is 5.91 Å². The third-order valence-corrected chi connectivity index (χ3v) is 5.58. The van der Waals surface area contributed by atoms with E-state index in [0.717, 1.165) is 4.90 Å². The van der Waals surface area contributed by atoms with Crippen molar-refractivity contribution in [2.75, 3.05) is 18.2 Å². The Balaban J connectivity index is 2.17. The number of carbonyl (C=O) groups excluding carboxylic acids is 4. The maximum absolute atomic E-state index is 12.4. The molecule has 0 aliphatic carbocycles. The molecule has 2 amide bonds. The molecule has 2 heterocycles. The van der Waals surface area contributed by atoms with Crippen molar-refractivity contribution in [3.05, 3.63) is 11.3 Å². The minimum absolute atomic E-state index is 0.165. The molecule has 11 nitrogen and oxygen atoms in total. The number of rotatable bonds is 8. The summed E-state index contributed by atoms with van der Waals surface area (Å²) < 4.78 is 4.82. The number of alkyl halides is 1. The highest BCUT2D eigenvalue weighted by molar-refractivity contribution is 8.00.